The number of carbonyl (C=O) groups excluding carboxylic acids is 4. The van der Waals surface area contributed by atoms with Crippen LogP contribution in [0.3, 0.4) is 0 Å². The van der Waals surface area contributed by atoms with Crippen molar-refractivity contribution in [3.05, 3.63) is 60.1 Å². The second-order valence-corrected chi connectivity index (χ2v) is 11.7. The highest BCUT2D eigenvalue weighted by Crippen LogP contribution is 2.25. The number of hydrogen-bond donors (Lipinski definition) is 2. The van der Waals surface area contributed by atoms with Crippen LogP contribution in [-0.4, -0.2) is 88.3 Å². The van der Waals surface area contributed by atoms with Gasteiger partial charge in [0.15, 0.2) is 11.5 Å². The molecule has 248 valence electrons. The molecule has 2 amide bonds. The fraction of sp³-hybridized carbons (Fsp3) is 0.375. The number of furan rings is 2. The molecule has 0 saturated carbocycles. The third-order valence-electron chi connectivity index (χ3n) is 6.70. The monoisotopic (exact) mass is 674 g/mol. The maximum atomic E-state index is 12.3. The van der Waals surface area contributed by atoms with Crippen LogP contribution >= 0.6 is 23.5 Å². The third kappa shape index (κ3) is 9.85. The standard InChI is InChI=1S/2C16H19NO5S/c2*1-20-11-4-5-13-10(8-11)9-14(22-13)15(18)17-12(6-7-23-3)16(19)21-2/h2*4-5,8-9,12H,6-7H2,1-3H3,(H,17,18). The molecule has 2 N–H and O–H groups in total. The Kier molecular flexibility index (Phi) is 14.2. The van der Waals surface area contributed by atoms with Gasteiger partial charge in [-0.15, -0.1) is 0 Å². The number of nitrogens with one attached hydrogen (secondary N) is 2. The Balaban J connectivity index is 0.000000250. The maximum Gasteiger partial charge on any atom is 0.328 e. The van der Waals surface area contributed by atoms with E-state index in [-0.39, 0.29) is 11.5 Å². The summed E-state index contributed by atoms with van der Waals surface area (Å²) in [6, 6.07) is 12.4. The number of thioether (sulfide) groups is 2. The first-order chi connectivity index (χ1) is 22.2. The Bertz CT molecular complexity index is 1510. The molecule has 0 aliphatic rings. The molecular formula is C32H38N2O10S2. The number of fused-ring (bicyclic) bond motifs is 2. The molecule has 14 heteroatoms. The van der Waals surface area contributed by atoms with E-state index in [1.807, 2.05) is 12.5 Å². The highest BCUT2D eigenvalue weighted by atomic mass is 32.2. The summed E-state index contributed by atoms with van der Waals surface area (Å²) in [7, 11) is 5.74. The highest BCUT2D eigenvalue weighted by Gasteiger charge is 2.25. The molecule has 0 spiro atoms. The van der Waals surface area contributed by atoms with Crippen molar-refractivity contribution < 1.29 is 47.0 Å². The minimum atomic E-state index is -0.692. The number of amides is 2. The van der Waals surface area contributed by atoms with Crippen LogP contribution in [0.5, 0.6) is 11.5 Å². The van der Waals surface area contributed by atoms with Gasteiger partial charge in [-0.3, -0.25) is 9.59 Å². The molecule has 2 aromatic heterocycles. The zero-order valence-corrected chi connectivity index (χ0v) is 28.1. The quantitative estimate of drug-likeness (QED) is 0.174. The summed E-state index contributed by atoms with van der Waals surface area (Å²) in [4.78, 5) is 48.1. The average Bonchev–Trinajstić information content (AvgIpc) is 3.71. The van der Waals surface area contributed by atoms with Gasteiger partial charge in [-0.2, -0.15) is 23.5 Å². The molecule has 0 radical (unpaired) electrons. The molecule has 46 heavy (non-hydrogen) atoms. The Morgan fingerprint density at radius 2 is 1.04 bits per heavy atom. The summed E-state index contributed by atoms with van der Waals surface area (Å²) < 4.78 is 30.8. The van der Waals surface area contributed by atoms with Crippen molar-refractivity contribution in [3.63, 3.8) is 0 Å². The number of ether oxygens (including phenoxy) is 4. The van der Waals surface area contributed by atoms with E-state index in [1.54, 1.807) is 86.3 Å². The molecule has 0 bridgehead atoms. The lowest BCUT2D eigenvalue weighted by atomic mass is 10.2. The first kappa shape index (κ1) is 36.2. The predicted octanol–water partition coefficient (Wildman–Crippen LogP) is 4.93. The number of benzene rings is 2. The molecule has 0 aliphatic carbocycles. The normalized spacial score (nSPS) is 12.0. The van der Waals surface area contributed by atoms with Crippen molar-refractivity contribution in [1.82, 2.24) is 10.6 Å². The van der Waals surface area contributed by atoms with Crippen molar-refractivity contribution in [2.75, 3.05) is 52.5 Å². The second kappa shape index (κ2) is 18.0. The SMILES string of the molecule is COC(=O)C(CCSC)NC(=O)c1cc2cc(OC)ccc2o1.COC(=O)C(CCSC)NC(=O)c1cc2cc(OC)ccc2o1. The van der Waals surface area contributed by atoms with Crippen LogP contribution in [0.1, 0.15) is 34.0 Å². The van der Waals surface area contributed by atoms with E-state index in [1.165, 1.54) is 14.2 Å². The van der Waals surface area contributed by atoms with Crippen LogP contribution in [0.15, 0.2) is 57.4 Å². The largest absolute Gasteiger partial charge is 0.497 e. The van der Waals surface area contributed by atoms with E-state index in [0.29, 0.717) is 35.5 Å². The van der Waals surface area contributed by atoms with Gasteiger partial charge >= 0.3 is 11.9 Å². The van der Waals surface area contributed by atoms with Crippen molar-refractivity contribution in [3.8, 4) is 11.5 Å². The smallest absolute Gasteiger partial charge is 0.328 e. The fourth-order valence-corrected chi connectivity index (χ4v) is 5.18. The van der Waals surface area contributed by atoms with Crippen molar-refractivity contribution in [2.24, 2.45) is 0 Å². The van der Waals surface area contributed by atoms with E-state index in [9.17, 15) is 19.2 Å². The second-order valence-electron chi connectivity index (χ2n) is 9.69. The summed E-state index contributed by atoms with van der Waals surface area (Å²) in [5.74, 6) is 1.28. The van der Waals surface area contributed by atoms with E-state index in [4.69, 9.17) is 27.8 Å². The molecule has 2 unspecified atom stereocenters. The van der Waals surface area contributed by atoms with Crippen molar-refractivity contribution in [2.45, 2.75) is 24.9 Å². The van der Waals surface area contributed by atoms with E-state index in [0.717, 1.165) is 22.3 Å². The van der Waals surface area contributed by atoms with Crippen molar-refractivity contribution >= 4 is 69.2 Å². The molecule has 4 aromatic rings. The van der Waals surface area contributed by atoms with Crippen LogP contribution in [0.4, 0.5) is 0 Å². The van der Waals surface area contributed by atoms with Crippen molar-refractivity contribution in [1.29, 1.82) is 0 Å². The average molecular weight is 675 g/mol. The lowest BCUT2D eigenvalue weighted by Crippen LogP contribution is -2.41. The zero-order valence-electron chi connectivity index (χ0n) is 26.5. The van der Waals surface area contributed by atoms with Crippen LogP contribution in [-0.2, 0) is 19.1 Å². The Hall–Kier alpha value is -4.30. The molecule has 2 atom stereocenters. The summed E-state index contributed by atoms with van der Waals surface area (Å²) in [5, 5.41) is 6.83. The van der Waals surface area contributed by atoms with E-state index >= 15 is 0 Å². The summed E-state index contributed by atoms with van der Waals surface area (Å²) in [6.07, 6.45) is 4.85. The number of rotatable bonds is 14. The fourth-order valence-electron chi connectivity index (χ4n) is 4.23. The molecule has 0 aliphatic heterocycles. The van der Waals surface area contributed by atoms with Gasteiger partial charge in [0.05, 0.1) is 28.4 Å². The number of esters is 2. The molecule has 12 nitrogen and oxygen atoms in total. The van der Waals surface area contributed by atoms with Gasteiger partial charge in [0.2, 0.25) is 0 Å². The highest BCUT2D eigenvalue weighted by molar-refractivity contribution is 7.98. The maximum absolute atomic E-state index is 12.3. The molecular weight excluding hydrogens is 636 g/mol. The lowest BCUT2D eigenvalue weighted by molar-refractivity contribution is -0.143. The third-order valence-corrected chi connectivity index (χ3v) is 7.99. The van der Waals surface area contributed by atoms with E-state index in [2.05, 4.69) is 10.6 Å². The van der Waals surface area contributed by atoms with Crippen LogP contribution in [0.25, 0.3) is 21.9 Å². The first-order valence-electron chi connectivity index (χ1n) is 14.1. The van der Waals surface area contributed by atoms with Gasteiger partial charge < -0.3 is 38.4 Å². The van der Waals surface area contributed by atoms with Crippen LogP contribution in [0.2, 0.25) is 0 Å². The zero-order chi connectivity index (χ0) is 33.6. The minimum Gasteiger partial charge on any atom is -0.497 e. The Morgan fingerprint density at radius 3 is 1.37 bits per heavy atom. The topological polar surface area (TPSA) is 156 Å². The molecule has 4 rings (SSSR count). The number of carbonyl (C=O) groups is 4. The molecule has 0 fully saturated rings. The minimum absolute atomic E-state index is 0.145. The van der Waals surface area contributed by atoms with Gasteiger partial charge in [0.25, 0.3) is 11.8 Å². The van der Waals surface area contributed by atoms with Gasteiger partial charge in [0, 0.05) is 10.8 Å². The van der Waals surface area contributed by atoms with Gasteiger partial charge in [-0.1, -0.05) is 0 Å². The summed E-state index contributed by atoms with van der Waals surface area (Å²) in [5.41, 5.74) is 1.16. The Morgan fingerprint density at radius 1 is 0.652 bits per heavy atom. The van der Waals surface area contributed by atoms with Gasteiger partial charge in [0.1, 0.15) is 34.7 Å². The summed E-state index contributed by atoms with van der Waals surface area (Å²) >= 11 is 3.18. The van der Waals surface area contributed by atoms with Gasteiger partial charge in [-0.25, -0.2) is 9.59 Å². The molecule has 2 heterocycles. The molecule has 0 saturated heterocycles. The Labute approximate surface area is 275 Å². The summed E-state index contributed by atoms with van der Waals surface area (Å²) in [6.45, 7) is 0. The van der Waals surface area contributed by atoms with E-state index < -0.39 is 35.8 Å². The predicted molar refractivity (Wildman–Crippen MR) is 178 cm³/mol. The number of hydrogen-bond acceptors (Lipinski definition) is 12. The lowest BCUT2D eigenvalue weighted by Gasteiger charge is -2.14. The first-order valence-corrected chi connectivity index (χ1v) is 16.9. The van der Waals surface area contributed by atoms with Gasteiger partial charge in [-0.05, 0) is 85.4 Å². The van der Waals surface area contributed by atoms with Crippen LogP contribution in [0, 0.1) is 0 Å². The van der Waals surface area contributed by atoms with Crippen LogP contribution < -0.4 is 20.1 Å². The molecule has 2 aromatic carbocycles. The number of methoxy groups -OCH3 is 4.